The van der Waals surface area contributed by atoms with Crippen LogP contribution in [0.25, 0.3) is 0 Å². The molecule has 0 bridgehead atoms. The summed E-state index contributed by atoms with van der Waals surface area (Å²) in [7, 11) is -4.09. The summed E-state index contributed by atoms with van der Waals surface area (Å²) in [5.41, 5.74) is 5.16. The van der Waals surface area contributed by atoms with Crippen molar-refractivity contribution < 1.29 is 27.5 Å². The van der Waals surface area contributed by atoms with Gasteiger partial charge in [-0.25, -0.2) is 13.8 Å². The lowest BCUT2D eigenvalue weighted by Crippen LogP contribution is -2.39. The van der Waals surface area contributed by atoms with E-state index in [4.69, 9.17) is 4.74 Å². The van der Waals surface area contributed by atoms with Gasteiger partial charge in [0, 0.05) is 19.2 Å². The van der Waals surface area contributed by atoms with Gasteiger partial charge < -0.3 is 15.4 Å². The number of hydrogen-bond acceptors (Lipinski definition) is 7. The summed E-state index contributed by atoms with van der Waals surface area (Å²) in [6, 6.07) is 30.8. The Balaban J connectivity index is 1.32. The van der Waals surface area contributed by atoms with Crippen molar-refractivity contribution >= 4 is 39.6 Å². The molecular formula is C34H35N5O6S. The van der Waals surface area contributed by atoms with E-state index in [-0.39, 0.29) is 35.9 Å². The Bertz CT molecular complexity index is 1750. The molecule has 0 aliphatic carbocycles. The topological polar surface area (TPSA) is 146 Å². The van der Waals surface area contributed by atoms with E-state index >= 15 is 0 Å². The van der Waals surface area contributed by atoms with Gasteiger partial charge in [0.15, 0.2) is 6.61 Å². The monoisotopic (exact) mass is 641 g/mol. The maximum atomic E-state index is 13.5. The van der Waals surface area contributed by atoms with Crippen molar-refractivity contribution in [3.05, 3.63) is 126 Å². The smallest absolute Gasteiger partial charge is 0.258 e. The molecule has 0 aliphatic rings. The highest BCUT2D eigenvalue weighted by Crippen LogP contribution is 2.21. The Morgan fingerprint density at radius 3 is 2.11 bits per heavy atom. The molecule has 46 heavy (non-hydrogen) atoms. The van der Waals surface area contributed by atoms with Crippen molar-refractivity contribution in [3.63, 3.8) is 0 Å². The van der Waals surface area contributed by atoms with E-state index in [0.29, 0.717) is 22.6 Å². The van der Waals surface area contributed by atoms with Crippen molar-refractivity contribution in [3.8, 4) is 5.75 Å². The first kappa shape index (κ1) is 33.6. The number of hydrogen-bond donors (Lipinski definition) is 3. The normalized spacial score (nSPS) is 12.0. The minimum atomic E-state index is -4.09. The summed E-state index contributed by atoms with van der Waals surface area (Å²) in [6.07, 6.45) is 1.41. The highest BCUT2D eigenvalue weighted by atomic mass is 32.2. The molecule has 0 aromatic heterocycles. The standard InChI is InChI=1S/C34H35N5O6S/c1-25(29-11-7-4-8-12-29)36-34(42)24-45-31-17-13-27(14-18-31)21-35-38-33(41)23-39(22-28-9-5-3-6-10-28)46(43,44)32-19-15-30(16-20-32)37-26(2)40/h3-21,25H,22-24H2,1-2H3,(H,36,42)(H,37,40)(H,38,41)/b35-21-/t25-/m1/s1. The highest BCUT2D eigenvalue weighted by molar-refractivity contribution is 7.89. The van der Waals surface area contributed by atoms with Crippen LogP contribution in [0.15, 0.2) is 119 Å². The molecule has 0 saturated heterocycles. The van der Waals surface area contributed by atoms with Gasteiger partial charge >= 0.3 is 0 Å². The Morgan fingerprint density at radius 2 is 1.48 bits per heavy atom. The molecule has 1 atom stereocenters. The number of amides is 3. The first-order chi connectivity index (χ1) is 22.1. The molecular weight excluding hydrogens is 606 g/mol. The van der Waals surface area contributed by atoms with Crippen LogP contribution in [-0.4, -0.2) is 49.8 Å². The van der Waals surface area contributed by atoms with Crippen molar-refractivity contribution in [2.75, 3.05) is 18.5 Å². The summed E-state index contributed by atoms with van der Waals surface area (Å²) in [6.45, 7) is 2.57. The molecule has 0 spiro atoms. The minimum absolute atomic E-state index is 0.0284. The van der Waals surface area contributed by atoms with E-state index in [1.807, 2.05) is 43.3 Å². The number of anilines is 1. The second kappa shape index (κ2) is 16.1. The number of nitrogens with one attached hydrogen (secondary N) is 3. The number of carbonyl (C=O) groups excluding carboxylic acids is 3. The third-order valence-electron chi connectivity index (χ3n) is 6.66. The summed E-state index contributed by atoms with van der Waals surface area (Å²) in [4.78, 5) is 36.4. The number of sulfonamides is 1. The van der Waals surface area contributed by atoms with Crippen LogP contribution >= 0.6 is 0 Å². The largest absolute Gasteiger partial charge is 0.484 e. The van der Waals surface area contributed by atoms with Gasteiger partial charge in [0.2, 0.25) is 15.9 Å². The molecule has 11 nitrogen and oxygen atoms in total. The molecule has 0 heterocycles. The fourth-order valence-electron chi connectivity index (χ4n) is 4.36. The van der Waals surface area contributed by atoms with Gasteiger partial charge in [-0.1, -0.05) is 60.7 Å². The van der Waals surface area contributed by atoms with E-state index in [2.05, 4.69) is 21.2 Å². The maximum absolute atomic E-state index is 13.5. The molecule has 0 unspecified atom stereocenters. The van der Waals surface area contributed by atoms with Gasteiger partial charge in [0.05, 0.1) is 23.7 Å². The fourth-order valence-corrected chi connectivity index (χ4v) is 5.74. The van der Waals surface area contributed by atoms with Crippen molar-refractivity contribution in [1.82, 2.24) is 15.0 Å². The molecule has 3 amide bonds. The number of benzene rings is 4. The Morgan fingerprint density at radius 1 is 0.848 bits per heavy atom. The van der Waals surface area contributed by atoms with Crippen molar-refractivity contribution in [1.29, 1.82) is 0 Å². The van der Waals surface area contributed by atoms with Crippen molar-refractivity contribution in [2.45, 2.75) is 31.3 Å². The lowest BCUT2D eigenvalue weighted by molar-refractivity contribution is -0.124. The zero-order valence-corrected chi connectivity index (χ0v) is 26.2. The van der Waals surface area contributed by atoms with Gasteiger partial charge in [-0.15, -0.1) is 0 Å². The second-order valence-corrected chi connectivity index (χ2v) is 12.3. The second-order valence-electron chi connectivity index (χ2n) is 10.3. The first-order valence-corrected chi connectivity index (χ1v) is 15.8. The Labute approximate surface area is 268 Å². The average molecular weight is 642 g/mol. The SMILES string of the molecule is CC(=O)Nc1ccc(S(=O)(=O)N(CC(=O)N/N=C\c2ccc(OCC(=O)N[C@H](C)c3ccccc3)cc2)Cc2ccccc2)cc1. The molecule has 0 saturated carbocycles. The van der Waals surface area contributed by atoms with E-state index in [9.17, 15) is 22.8 Å². The quantitative estimate of drug-likeness (QED) is 0.139. The van der Waals surface area contributed by atoms with Gasteiger partial charge in [-0.2, -0.15) is 9.41 Å². The third-order valence-corrected chi connectivity index (χ3v) is 8.47. The maximum Gasteiger partial charge on any atom is 0.258 e. The zero-order valence-electron chi connectivity index (χ0n) is 25.4. The first-order valence-electron chi connectivity index (χ1n) is 14.4. The van der Waals surface area contributed by atoms with Crippen LogP contribution in [0, 0.1) is 0 Å². The van der Waals surface area contributed by atoms with E-state index in [0.717, 1.165) is 9.87 Å². The predicted molar refractivity (Wildman–Crippen MR) is 175 cm³/mol. The number of hydrazone groups is 1. The third kappa shape index (κ3) is 10.1. The summed E-state index contributed by atoms with van der Waals surface area (Å²) >= 11 is 0. The molecule has 4 aromatic carbocycles. The van der Waals surface area contributed by atoms with Crippen LogP contribution < -0.4 is 20.8 Å². The van der Waals surface area contributed by atoms with Crippen LogP contribution in [-0.2, 0) is 31.0 Å². The van der Waals surface area contributed by atoms with Gasteiger partial charge in [-0.05, 0) is 72.1 Å². The van der Waals surface area contributed by atoms with Gasteiger partial charge in [0.25, 0.3) is 11.8 Å². The van der Waals surface area contributed by atoms with Crippen molar-refractivity contribution in [2.24, 2.45) is 5.10 Å². The van der Waals surface area contributed by atoms with Gasteiger partial charge in [0.1, 0.15) is 5.75 Å². The van der Waals surface area contributed by atoms with Crippen LogP contribution in [0.5, 0.6) is 5.75 Å². The molecule has 4 rings (SSSR count). The van der Waals surface area contributed by atoms with Crippen LogP contribution in [0.2, 0.25) is 0 Å². The lowest BCUT2D eigenvalue weighted by Gasteiger charge is -2.21. The van der Waals surface area contributed by atoms with Gasteiger partial charge in [-0.3, -0.25) is 14.4 Å². The summed E-state index contributed by atoms with van der Waals surface area (Å²) < 4.78 is 33.7. The van der Waals surface area contributed by atoms with E-state index in [1.165, 1.54) is 37.4 Å². The highest BCUT2D eigenvalue weighted by Gasteiger charge is 2.27. The van der Waals surface area contributed by atoms with Crippen LogP contribution in [0.1, 0.15) is 36.6 Å². The summed E-state index contributed by atoms with van der Waals surface area (Å²) in [5, 5.41) is 9.46. The molecule has 0 radical (unpaired) electrons. The number of carbonyl (C=O) groups is 3. The zero-order chi connectivity index (χ0) is 32.9. The Hall–Kier alpha value is -5.33. The number of rotatable bonds is 14. The average Bonchev–Trinajstić information content (AvgIpc) is 3.05. The summed E-state index contributed by atoms with van der Waals surface area (Å²) in [5.74, 6) is -0.691. The van der Waals surface area contributed by atoms with Crippen LogP contribution in [0.3, 0.4) is 0 Å². The Kier molecular flexibility index (Phi) is 11.8. The molecule has 3 N–H and O–H groups in total. The van der Waals surface area contributed by atoms with E-state index in [1.54, 1.807) is 48.5 Å². The minimum Gasteiger partial charge on any atom is -0.484 e. The predicted octanol–water partition coefficient (Wildman–Crippen LogP) is 4.24. The molecule has 12 heteroatoms. The molecule has 238 valence electrons. The van der Waals surface area contributed by atoms with Crippen LogP contribution in [0.4, 0.5) is 5.69 Å². The number of nitrogens with zero attached hydrogens (tertiary/aromatic N) is 2. The molecule has 0 aliphatic heterocycles. The molecule has 4 aromatic rings. The fraction of sp³-hybridized carbons (Fsp3) is 0.176. The lowest BCUT2D eigenvalue weighted by atomic mass is 10.1. The molecule has 0 fully saturated rings. The van der Waals surface area contributed by atoms with E-state index < -0.39 is 22.5 Å². The number of ether oxygens (including phenoxy) is 1.